The minimum atomic E-state index is -1.23. The second kappa shape index (κ2) is 4.33. The Kier molecular flexibility index (Phi) is 2.98. The smallest absolute Gasteiger partial charge is 0.336 e. The molecule has 3 nitrogen and oxygen atoms in total. The molecule has 0 aliphatic carbocycles. The standard InChI is InChI=1S/C13H11F2NO2/c1-6(2)11-5-9(13(17)18)8-3-7(14)4-10(15)12(8)16-11/h3-6H,1-2H3,(H,17,18). The van der Waals surface area contributed by atoms with Crippen molar-refractivity contribution >= 4 is 16.9 Å². The van der Waals surface area contributed by atoms with Crippen molar-refractivity contribution in [2.24, 2.45) is 0 Å². The van der Waals surface area contributed by atoms with Crippen LogP contribution < -0.4 is 0 Å². The first-order valence-corrected chi connectivity index (χ1v) is 5.43. The van der Waals surface area contributed by atoms with Gasteiger partial charge < -0.3 is 5.11 Å². The Morgan fingerprint density at radius 1 is 1.28 bits per heavy atom. The minimum absolute atomic E-state index is 0.0237. The largest absolute Gasteiger partial charge is 0.478 e. The number of hydrogen-bond donors (Lipinski definition) is 1. The second-order valence-electron chi connectivity index (χ2n) is 4.34. The molecule has 1 aromatic heterocycles. The first-order chi connectivity index (χ1) is 8.40. The molecule has 18 heavy (non-hydrogen) atoms. The number of carboxylic acids is 1. The van der Waals surface area contributed by atoms with E-state index < -0.39 is 17.6 Å². The van der Waals surface area contributed by atoms with Crippen molar-refractivity contribution in [3.05, 3.63) is 41.1 Å². The van der Waals surface area contributed by atoms with Gasteiger partial charge in [-0.25, -0.2) is 18.6 Å². The number of rotatable bonds is 2. The third kappa shape index (κ3) is 2.03. The Morgan fingerprint density at radius 2 is 1.94 bits per heavy atom. The summed E-state index contributed by atoms with van der Waals surface area (Å²) in [7, 11) is 0. The van der Waals surface area contributed by atoms with E-state index in [2.05, 4.69) is 4.98 Å². The lowest BCUT2D eigenvalue weighted by molar-refractivity contribution is 0.0699. The summed E-state index contributed by atoms with van der Waals surface area (Å²) < 4.78 is 26.8. The number of nitrogens with zero attached hydrogens (tertiary/aromatic N) is 1. The van der Waals surface area contributed by atoms with Crippen molar-refractivity contribution < 1.29 is 18.7 Å². The highest BCUT2D eigenvalue weighted by molar-refractivity contribution is 6.02. The lowest BCUT2D eigenvalue weighted by Crippen LogP contribution is -2.04. The van der Waals surface area contributed by atoms with Gasteiger partial charge in [0.15, 0.2) is 5.82 Å². The van der Waals surface area contributed by atoms with E-state index in [0.29, 0.717) is 11.8 Å². The van der Waals surface area contributed by atoms with Crippen molar-refractivity contribution in [2.75, 3.05) is 0 Å². The number of halogens is 2. The fraction of sp³-hybridized carbons (Fsp3) is 0.231. The van der Waals surface area contributed by atoms with E-state index >= 15 is 0 Å². The summed E-state index contributed by atoms with van der Waals surface area (Å²) >= 11 is 0. The summed E-state index contributed by atoms with van der Waals surface area (Å²) in [6, 6.07) is 3.04. The second-order valence-corrected chi connectivity index (χ2v) is 4.34. The van der Waals surface area contributed by atoms with Gasteiger partial charge in [-0.3, -0.25) is 0 Å². The first kappa shape index (κ1) is 12.4. The maximum atomic E-state index is 13.6. The maximum absolute atomic E-state index is 13.6. The zero-order valence-electron chi connectivity index (χ0n) is 9.87. The highest BCUT2D eigenvalue weighted by Crippen LogP contribution is 2.25. The SMILES string of the molecule is CC(C)c1cc(C(=O)O)c2cc(F)cc(F)c2n1. The number of carbonyl (C=O) groups is 1. The Balaban J connectivity index is 2.90. The molecular formula is C13H11F2NO2. The van der Waals surface area contributed by atoms with Crippen LogP contribution >= 0.6 is 0 Å². The average molecular weight is 251 g/mol. The molecule has 1 aromatic carbocycles. The minimum Gasteiger partial charge on any atom is -0.478 e. The van der Waals surface area contributed by atoms with Gasteiger partial charge in [-0.05, 0) is 18.1 Å². The quantitative estimate of drug-likeness (QED) is 0.890. The molecule has 2 rings (SSSR count). The predicted octanol–water partition coefficient (Wildman–Crippen LogP) is 3.33. The van der Waals surface area contributed by atoms with E-state index in [4.69, 9.17) is 5.11 Å². The lowest BCUT2D eigenvalue weighted by atomic mass is 10.0. The topological polar surface area (TPSA) is 50.2 Å². The monoisotopic (exact) mass is 251 g/mol. The van der Waals surface area contributed by atoms with E-state index in [1.807, 2.05) is 13.8 Å². The van der Waals surface area contributed by atoms with E-state index in [0.717, 1.165) is 6.07 Å². The van der Waals surface area contributed by atoms with Gasteiger partial charge in [0.25, 0.3) is 0 Å². The van der Waals surface area contributed by atoms with Gasteiger partial charge in [0, 0.05) is 17.1 Å². The summed E-state index contributed by atoms with van der Waals surface area (Å²) in [4.78, 5) is 15.2. The van der Waals surface area contributed by atoms with Crippen LogP contribution in [0, 0.1) is 11.6 Å². The number of pyridine rings is 1. The molecule has 0 atom stereocenters. The zero-order valence-corrected chi connectivity index (χ0v) is 9.87. The summed E-state index contributed by atoms with van der Waals surface area (Å²) in [5, 5.41) is 9.07. The van der Waals surface area contributed by atoms with Crippen LogP contribution in [0.5, 0.6) is 0 Å². The summed E-state index contributed by atoms with van der Waals surface area (Å²) in [5.74, 6) is -2.94. The molecule has 5 heteroatoms. The number of aromatic carboxylic acids is 1. The van der Waals surface area contributed by atoms with Crippen LogP contribution in [0.2, 0.25) is 0 Å². The van der Waals surface area contributed by atoms with Crippen molar-refractivity contribution in [3.63, 3.8) is 0 Å². The van der Waals surface area contributed by atoms with Gasteiger partial charge in [-0.1, -0.05) is 13.8 Å². The Hall–Kier alpha value is -2.04. The van der Waals surface area contributed by atoms with Crippen LogP contribution in [0.3, 0.4) is 0 Å². The predicted molar refractivity (Wildman–Crippen MR) is 62.7 cm³/mol. The molecule has 0 saturated heterocycles. The van der Waals surface area contributed by atoms with Crippen molar-refractivity contribution in [1.82, 2.24) is 4.98 Å². The molecule has 0 amide bonds. The normalized spacial score (nSPS) is 11.2. The molecule has 94 valence electrons. The molecule has 0 bridgehead atoms. The molecule has 1 N–H and O–H groups in total. The van der Waals surface area contributed by atoms with E-state index in [9.17, 15) is 13.6 Å². The number of aromatic nitrogens is 1. The summed E-state index contributed by atoms with van der Waals surface area (Å²) in [5.41, 5.74) is 0.215. The van der Waals surface area contributed by atoms with Gasteiger partial charge in [0.05, 0.1) is 5.56 Å². The lowest BCUT2D eigenvalue weighted by Gasteiger charge is -2.09. The van der Waals surface area contributed by atoms with Crippen LogP contribution in [-0.4, -0.2) is 16.1 Å². The maximum Gasteiger partial charge on any atom is 0.336 e. The molecule has 0 aliphatic rings. The van der Waals surface area contributed by atoms with E-state index in [-0.39, 0.29) is 22.4 Å². The van der Waals surface area contributed by atoms with Crippen molar-refractivity contribution in [1.29, 1.82) is 0 Å². The summed E-state index contributed by atoms with van der Waals surface area (Å²) in [6.07, 6.45) is 0. The summed E-state index contributed by atoms with van der Waals surface area (Å²) in [6.45, 7) is 3.64. The highest BCUT2D eigenvalue weighted by atomic mass is 19.1. The first-order valence-electron chi connectivity index (χ1n) is 5.43. The molecule has 0 spiro atoms. The molecular weight excluding hydrogens is 240 g/mol. The Morgan fingerprint density at radius 3 is 2.50 bits per heavy atom. The zero-order chi connectivity index (χ0) is 13.4. The molecule has 0 aliphatic heterocycles. The number of fused-ring (bicyclic) bond motifs is 1. The van der Waals surface area contributed by atoms with Crippen LogP contribution in [0.1, 0.15) is 35.8 Å². The van der Waals surface area contributed by atoms with Crippen molar-refractivity contribution in [2.45, 2.75) is 19.8 Å². The average Bonchev–Trinajstić information content (AvgIpc) is 2.27. The van der Waals surface area contributed by atoms with Gasteiger partial charge in [0.2, 0.25) is 0 Å². The van der Waals surface area contributed by atoms with Crippen LogP contribution in [-0.2, 0) is 0 Å². The number of carboxylic acid groups (broad SMARTS) is 1. The molecule has 0 unspecified atom stereocenters. The molecule has 0 saturated carbocycles. The van der Waals surface area contributed by atoms with Gasteiger partial charge >= 0.3 is 5.97 Å². The van der Waals surface area contributed by atoms with Crippen LogP contribution in [0.15, 0.2) is 18.2 Å². The highest BCUT2D eigenvalue weighted by Gasteiger charge is 2.17. The van der Waals surface area contributed by atoms with Gasteiger partial charge in [0.1, 0.15) is 11.3 Å². The third-order valence-electron chi connectivity index (χ3n) is 2.67. The Bertz CT molecular complexity index is 638. The van der Waals surface area contributed by atoms with Crippen LogP contribution in [0.25, 0.3) is 10.9 Å². The van der Waals surface area contributed by atoms with Gasteiger partial charge in [-0.15, -0.1) is 0 Å². The molecule has 2 aromatic rings. The van der Waals surface area contributed by atoms with E-state index in [1.54, 1.807) is 0 Å². The Labute approximate surface area is 102 Å². The number of hydrogen-bond acceptors (Lipinski definition) is 2. The van der Waals surface area contributed by atoms with Crippen molar-refractivity contribution in [3.8, 4) is 0 Å². The molecule has 1 heterocycles. The van der Waals surface area contributed by atoms with Gasteiger partial charge in [-0.2, -0.15) is 0 Å². The fourth-order valence-corrected chi connectivity index (χ4v) is 1.74. The third-order valence-corrected chi connectivity index (χ3v) is 2.67. The van der Waals surface area contributed by atoms with E-state index in [1.165, 1.54) is 6.07 Å². The molecule has 0 fully saturated rings. The fourth-order valence-electron chi connectivity index (χ4n) is 1.74. The molecule has 0 radical (unpaired) electrons. The number of benzene rings is 1. The van der Waals surface area contributed by atoms with Crippen LogP contribution in [0.4, 0.5) is 8.78 Å².